The van der Waals surface area contributed by atoms with Crippen LogP contribution in [0.1, 0.15) is 25.3 Å². The Bertz CT molecular complexity index is 478. The Kier molecular flexibility index (Phi) is 5.26. The number of hydrogen-bond donors (Lipinski definition) is 1. The van der Waals surface area contributed by atoms with Crippen LogP contribution in [0.15, 0.2) is 18.2 Å². The number of rotatable bonds is 4. The van der Waals surface area contributed by atoms with Gasteiger partial charge < -0.3 is 14.8 Å². The Morgan fingerprint density at radius 3 is 3.00 bits per heavy atom. The fourth-order valence-electron chi connectivity index (χ4n) is 2.41. The molecule has 0 unspecified atom stereocenters. The Morgan fingerprint density at radius 2 is 2.35 bits per heavy atom. The third-order valence-electron chi connectivity index (χ3n) is 3.63. The molecule has 0 saturated carbocycles. The van der Waals surface area contributed by atoms with Gasteiger partial charge in [0.05, 0.1) is 24.2 Å². The molecule has 2 atom stereocenters. The van der Waals surface area contributed by atoms with Crippen LogP contribution in [0.5, 0.6) is 5.75 Å². The minimum atomic E-state index is -0.0579. The monoisotopic (exact) mass is 297 g/mol. The first-order valence-electron chi connectivity index (χ1n) is 6.83. The van der Waals surface area contributed by atoms with E-state index in [4.69, 9.17) is 21.1 Å². The number of carbonyl (C=O) groups is 1. The summed E-state index contributed by atoms with van der Waals surface area (Å²) in [6.45, 7) is 3.17. The van der Waals surface area contributed by atoms with E-state index in [0.29, 0.717) is 17.3 Å². The predicted molar refractivity (Wildman–Crippen MR) is 78.0 cm³/mol. The molecule has 0 aliphatic carbocycles. The number of amides is 1. The maximum atomic E-state index is 12.1. The largest absolute Gasteiger partial charge is 0.495 e. The normalized spacial score (nSPS) is 22.4. The van der Waals surface area contributed by atoms with Crippen LogP contribution in [-0.4, -0.2) is 25.7 Å². The Labute approximate surface area is 124 Å². The Hall–Kier alpha value is -1.26. The quantitative estimate of drug-likeness (QED) is 0.929. The van der Waals surface area contributed by atoms with Crippen LogP contribution in [0, 0.1) is 5.92 Å². The zero-order valence-electron chi connectivity index (χ0n) is 11.8. The highest BCUT2D eigenvalue weighted by Crippen LogP contribution is 2.25. The van der Waals surface area contributed by atoms with Crippen molar-refractivity contribution in [3.05, 3.63) is 28.8 Å². The van der Waals surface area contributed by atoms with Crippen molar-refractivity contribution in [2.75, 3.05) is 13.7 Å². The summed E-state index contributed by atoms with van der Waals surface area (Å²) in [6, 6.07) is 5.50. The first-order valence-corrected chi connectivity index (χ1v) is 7.21. The van der Waals surface area contributed by atoms with E-state index in [0.717, 1.165) is 25.0 Å². The lowest BCUT2D eigenvalue weighted by molar-refractivity contribution is -0.133. The predicted octanol–water partition coefficient (Wildman–Crippen LogP) is 2.78. The van der Waals surface area contributed by atoms with Gasteiger partial charge in [-0.2, -0.15) is 0 Å². The van der Waals surface area contributed by atoms with Crippen LogP contribution in [0.3, 0.4) is 0 Å². The first kappa shape index (κ1) is 15.1. The highest BCUT2D eigenvalue weighted by atomic mass is 35.5. The minimum Gasteiger partial charge on any atom is -0.495 e. The molecule has 0 spiro atoms. The van der Waals surface area contributed by atoms with Crippen LogP contribution < -0.4 is 10.1 Å². The van der Waals surface area contributed by atoms with Crippen LogP contribution >= 0.6 is 11.6 Å². The lowest BCUT2D eigenvalue weighted by Gasteiger charge is -2.28. The van der Waals surface area contributed by atoms with Gasteiger partial charge in [0, 0.05) is 13.2 Å². The number of halogens is 1. The van der Waals surface area contributed by atoms with Gasteiger partial charge in [-0.3, -0.25) is 4.79 Å². The molecule has 1 aliphatic rings. The molecule has 1 aromatic carbocycles. The summed E-state index contributed by atoms with van der Waals surface area (Å²) in [5, 5.41) is 3.50. The van der Waals surface area contributed by atoms with E-state index in [1.165, 1.54) is 0 Å². The molecule has 4 nitrogen and oxygen atoms in total. The summed E-state index contributed by atoms with van der Waals surface area (Å²) < 4.78 is 10.6. The molecule has 1 amide bonds. The average Bonchev–Trinajstić information content (AvgIpc) is 2.45. The van der Waals surface area contributed by atoms with Gasteiger partial charge >= 0.3 is 0 Å². The third-order valence-corrected chi connectivity index (χ3v) is 3.92. The zero-order valence-corrected chi connectivity index (χ0v) is 12.6. The van der Waals surface area contributed by atoms with Crippen LogP contribution in [0.4, 0.5) is 0 Å². The van der Waals surface area contributed by atoms with Crippen molar-refractivity contribution in [1.82, 2.24) is 5.32 Å². The van der Waals surface area contributed by atoms with Crippen molar-refractivity contribution >= 4 is 17.5 Å². The SMILES string of the molecule is COc1ccc(CNC(=O)[C@H]2CCCO[C@@H]2C)cc1Cl. The molecule has 110 valence electrons. The van der Waals surface area contributed by atoms with Crippen molar-refractivity contribution in [1.29, 1.82) is 0 Å². The number of hydrogen-bond acceptors (Lipinski definition) is 3. The van der Waals surface area contributed by atoms with Gasteiger partial charge in [0.2, 0.25) is 5.91 Å². The van der Waals surface area contributed by atoms with E-state index < -0.39 is 0 Å². The van der Waals surface area contributed by atoms with E-state index in [2.05, 4.69) is 5.32 Å². The summed E-state index contributed by atoms with van der Waals surface area (Å²) >= 11 is 6.06. The Morgan fingerprint density at radius 1 is 1.55 bits per heavy atom. The van der Waals surface area contributed by atoms with E-state index in [1.54, 1.807) is 13.2 Å². The van der Waals surface area contributed by atoms with Crippen molar-refractivity contribution in [3.8, 4) is 5.75 Å². The van der Waals surface area contributed by atoms with E-state index >= 15 is 0 Å². The second-order valence-corrected chi connectivity index (χ2v) is 5.42. The summed E-state index contributed by atoms with van der Waals surface area (Å²) in [7, 11) is 1.58. The standard InChI is InChI=1S/C15H20ClNO3/c1-10-12(4-3-7-20-10)15(18)17-9-11-5-6-14(19-2)13(16)8-11/h5-6,8,10,12H,3-4,7,9H2,1-2H3,(H,17,18)/t10-,12+/m1/s1. The minimum absolute atomic E-state index is 0.0109. The van der Waals surface area contributed by atoms with Crippen molar-refractivity contribution in [2.45, 2.75) is 32.4 Å². The van der Waals surface area contributed by atoms with Gasteiger partial charge in [-0.15, -0.1) is 0 Å². The van der Waals surface area contributed by atoms with Crippen molar-refractivity contribution in [2.24, 2.45) is 5.92 Å². The smallest absolute Gasteiger partial charge is 0.225 e. The highest BCUT2D eigenvalue weighted by molar-refractivity contribution is 6.32. The molecule has 1 aliphatic heterocycles. The topological polar surface area (TPSA) is 47.6 Å². The fourth-order valence-corrected chi connectivity index (χ4v) is 2.69. The van der Waals surface area contributed by atoms with E-state index in [-0.39, 0.29) is 17.9 Å². The maximum Gasteiger partial charge on any atom is 0.225 e. The van der Waals surface area contributed by atoms with Gasteiger partial charge in [0.25, 0.3) is 0 Å². The highest BCUT2D eigenvalue weighted by Gasteiger charge is 2.28. The van der Waals surface area contributed by atoms with E-state index in [9.17, 15) is 4.79 Å². The number of benzene rings is 1. The van der Waals surface area contributed by atoms with Crippen molar-refractivity contribution in [3.63, 3.8) is 0 Å². The van der Waals surface area contributed by atoms with Crippen LogP contribution in [0.25, 0.3) is 0 Å². The fraction of sp³-hybridized carbons (Fsp3) is 0.533. The molecular weight excluding hydrogens is 278 g/mol. The molecule has 20 heavy (non-hydrogen) atoms. The molecule has 1 fully saturated rings. The molecule has 0 radical (unpaired) electrons. The van der Waals surface area contributed by atoms with Gasteiger partial charge in [-0.05, 0) is 37.5 Å². The first-order chi connectivity index (χ1) is 9.61. The summed E-state index contributed by atoms with van der Waals surface area (Å²) in [6.07, 6.45) is 1.82. The number of methoxy groups -OCH3 is 1. The Balaban J connectivity index is 1.91. The number of carbonyl (C=O) groups excluding carboxylic acids is 1. The molecule has 0 bridgehead atoms. The second-order valence-electron chi connectivity index (χ2n) is 5.01. The van der Waals surface area contributed by atoms with Crippen LogP contribution in [0.2, 0.25) is 5.02 Å². The average molecular weight is 298 g/mol. The lowest BCUT2D eigenvalue weighted by Crippen LogP contribution is -2.39. The van der Waals surface area contributed by atoms with Gasteiger partial charge in [0.15, 0.2) is 0 Å². The van der Waals surface area contributed by atoms with Crippen LogP contribution in [-0.2, 0) is 16.1 Å². The van der Waals surface area contributed by atoms with Gasteiger partial charge in [-0.1, -0.05) is 17.7 Å². The molecule has 5 heteroatoms. The maximum absolute atomic E-state index is 12.1. The molecular formula is C15H20ClNO3. The lowest BCUT2D eigenvalue weighted by atomic mass is 9.94. The van der Waals surface area contributed by atoms with E-state index in [1.807, 2.05) is 19.1 Å². The molecule has 2 rings (SSSR count). The zero-order chi connectivity index (χ0) is 14.5. The molecule has 1 N–H and O–H groups in total. The van der Waals surface area contributed by atoms with Gasteiger partial charge in [-0.25, -0.2) is 0 Å². The number of nitrogens with one attached hydrogen (secondary N) is 1. The third kappa shape index (κ3) is 3.64. The summed E-state index contributed by atoms with van der Waals surface area (Å²) in [5.74, 6) is 0.623. The molecule has 0 aromatic heterocycles. The second kappa shape index (κ2) is 6.95. The molecule has 1 heterocycles. The summed E-state index contributed by atoms with van der Waals surface area (Å²) in [4.78, 5) is 12.1. The molecule has 1 aromatic rings. The summed E-state index contributed by atoms with van der Waals surface area (Å²) in [5.41, 5.74) is 0.952. The number of ether oxygens (including phenoxy) is 2. The molecule has 1 saturated heterocycles. The van der Waals surface area contributed by atoms with Crippen molar-refractivity contribution < 1.29 is 14.3 Å². The van der Waals surface area contributed by atoms with Gasteiger partial charge in [0.1, 0.15) is 5.75 Å².